The number of aryl methyl sites for hydroxylation is 1. The zero-order valence-corrected chi connectivity index (χ0v) is 7.73. The first kappa shape index (κ1) is 9.01. The van der Waals surface area contributed by atoms with E-state index in [1.54, 1.807) is 18.5 Å². The van der Waals surface area contributed by atoms with Crippen molar-refractivity contribution in [3.63, 3.8) is 0 Å². The van der Waals surface area contributed by atoms with Crippen LogP contribution in [0.4, 0.5) is 0 Å². The second-order valence-corrected chi connectivity index (χ2v) is 2.98. The number of pyridine rings is 1. The number of halogens is 1. The minimum Gasteiger partial charge on any atom is -0.264 e. The summed E-state index contributed by atoms with van der Waals surface area (Å²) in [4.78, 5) is 4.02. The van der Waals surface area contributed by atoms with Gasteiger partial charge >= 0.3 is 0 Å². The largest absolute Gasteiger partial charge is 0.264 e. The highest BCUT2D eigenvalue weighted by atomic mass is 35.5. The molecule has 1 nitrogen and oxygen atoms in total. The third-order valence-corrected chi connectivity index (χ3v) is 1.89. The van der Waals surface area contributed by atoms with Crippen LogP contribution in [0, 0.1) is 6.92 Å². The first-order valence-corrected chi connectivity index (χ1v) is 3.96. The fourth-order valence-corrected chi connectivity index (χ4v) is 1.21. The fourth-order valence-electron chi connectivity index (χ4n) is 1.06. The zero-order chi connectivity index (χ0) is 9.14. The Balaban J connectivity index is 3.37. The van der Waals surface area contributed by atoms with E-state index < -0.39 is 0 Å². The van der Waals surface area contributed by atoms with Gasteiger partial charge in [0.15, 0.2) is 0 Å². The summed E-state index contributed by atoms with van der Waals surface area (Å²) in [5.74, 6) is 0. The maximum absolute atomic E-state index is 5.78. The SMILES string of the molecule is C=Cc1c(C)cncc1C(=C)Cl. The average molecular weight is 180 g/mol. The smallest absolute Gasteiger partial charge is 0.0428 e. The summed E-state index contributed by atoms with van der Waals surface area (Å²) in [7, 11) is 0. The van der Waals surface area contributed by atoms with Crippen LogP contribution in [-0.2, 0) is 0 Å². The predicted molar refractivity (Wildman–Crippen MR) is 54.0 cm³/mol. The molecule has 0 aromatic carbocycles. The molecule has 0 atom stereocenters. The molecule has 2 heteroatoms. The summed E-state index contributed by atoms with van der Waals surface area (Å²) >= 11 is 5.78. The molecular formula is C10H10ClN. The molecule has 0 unspecified atom stereocenters. The highest BCUT2D eigenvalue weighted by molar-refractivity contribution is 6.48. The van der Waals surface area contributed by atoms with Crippen LogP contribution in [-0.4, -0.2) is 4.98 Å². The monoisotopic (exact) mass is 179 g/mol. The molecule has 0 amide bonds. The van der Waals surface area contributed by atoms with Crippen molar-refractivity contribution < 1.29 is 0 Å². The first-order chi connectivity index (χ1) is 5.66. The lowest BCUT2D eigenvalue weighted by atomic mass is 10.1. The number of hydrogen-bond donors (Lipinski definition) is 0. The van der Waals surface area contributed by atoms with E-state index in [1.165, 1.54) is 0 Å². The van der Waals surface area contributed by atoms with Gasteiger partial charge in [-0.05, 0) is 18.1 Å². The number of hydrogen-bond acceptors (Lipinski definition) is 1. The van der Waals surface area contributed by atoms with Crippen molar-refractivity contribution in [3.05, 3.63) is 42.2 Å². The standard InChI is InChI=1S/C10H10ClN/c1-4-9-7(2)5-12-6-10(9)8(3)11/h4-6H,1,3H2,2H3. The lowest BCUT2D eigenvalue weighted by Crippen LogP contribution is -1.89. The van der Waals surface area contributed by atoms with Gasteiger partial charge in [-0.1, -0.05) is 30.8 Å². The summed E-state index contributed by atoms with van der Waals surface area (Å²) in [6, 6.07) is 0. The lowest BCUT2D eigenvalue weighted by Gasteiger charge is -2.05. The van der Waals surface area contributed by atoms with Crippen LogP contribution in [0.5, 0.6) is 0 Å². The van der Waals surface area contributed by atoms with Crippen molar-refractivity contribution >= 4 is 22.7 Å². The molecule has 0 saturated heterocycles. The van der Waals surface area contributed by atoms with Gasteiger partial charge in [-0.2, -0.15) is 0 Å². The molecule has 62 valence electrons. The van der Waals surface area contributed by atoms with Crippen LogP contribution in [0.1, 0.15) is 16.7 Å². The molecule has 12 heavy (non-hydrogen) atoms. The summed E-state index contributed by atoms with van der Waals surface area (Å²) in [6.07, 6.45) is 5.24. The molecule has 0 aliphatic heterocycles. The van der Waals surface area contributed by atoms with E-state index in [2.05, 4.69) is 18.1 Å². The van der Waals surface area contributed by atoms with E-state index in [9.17, 15) is 0 Å². The second kappa shape index (κ2) is 3.55. The summed E-state index contributed by atoms with van der Waals surface area (Å²) in [5, 5.41) is 0.501. The Morgan fingerprint density at radius 2 is 2.25 bits per heavy atom. The molecule has 1 aromatic heterocycles. The third kappa shape index (κ3) is 1.56. The summed E-state index contributed by atoms with van der Waals surface area (Å²) in [6.45, 7) is 9.33. The average Bonchev–Trinajstić information content (AvgIpc) is 2.03. The van der Waals surface area contributed by atoms with E-state index in [1.807, 2.05) is 6.92 Å². The highest BCUT2D eigenvalue weighted by Crippen LogP contribution is 2.23. The van der Waals surface area contributed by atoms with Gasteiger partial charge in [0.05, 0.1) is 0 Å². The maximum atomic E-state index is 5.78. The van der Waals surface area contributed by atoms with E-state index in [0.717, 1.165) is 16.7 Å². The van der Waals surface area contributed by atoms with Gasteiger partial charge in [0.2, 0.25) is 0 Å². The van der Waals surface area contributed by atoms with Crippen molar-refractivity contribution in [2.75, 3.05) is 0 Å². The van der Waals surface area contributed by atoms with Crippen LogP contribution in [0.25, 0.3) is 11.1 Å². The van der Waals surface area contributed by atoms with Gasteiger partial charge in [-0.25, -0.2) is 0 Å². The Morgan fingerprint density at radius 1 is 1.58 bits per heavy atom. The Morgan fingerprint density at radius 3 is 2.67 bits per heavy atom. The lowest BCUT2D eigenvalue weighted by molar-refractivity contribution is 1.24. The highest BCUT2D eigenvalue weighted by Gasteiger charge is 2.03. The molecule has 0 N–H and O–H groups in total. The molecule has 1 rings (SSSR count). The van der Waals surface area contributed by atoms with Crippen LogP contribution < -0.4 is 0 Å². The van der Waals surface area contributed by atoms with Crippen molar-refractivity contribution in [1.82, 2.24) is 4.98 Å². The molecule has 1 aromatic rings. The number of nitrogens with zero attached hydrogens (tertiary/aromatic N) is 1. The maximum Gasteiger partial charge on any atom is 0.0428 e. The quantitative estimate of drug-likeness (QED) is 0.679. The van der Waals surface area contributed by atoms with Gasteiger partial charge in [0, 0.05) is 23.0 Å². The van der Waals surface area contributed by atoms with Crippen LogP contribution in [0.3, 0.4) is 0 Å². The predicted octanol–water partition coefficient (Wildman–Crippen LogP) is 3.24. The van der Waals surface area contributed by atoms with Gasteiger partial charge in [-0.15, -0.1) is 0 Å². The molecule has 0 aliphatic rings. The van der Waals surface area contributed by atoms with E-state index >= 15 is 0 Å². The molecule has 0 fully saturated rings. The van der Waals surface area contributed by atoms with Crippen molar-refractivity contribution in [2.45, 2.75) is 6.92 Å². The third-order valence-electron chi connectivity index (χ3n) is 1.68. The van der Waals surface area contributed by atoms with Gasteiger partial charge < -0.3 is 0 Å². The molecule has 0 radical (unpaired) electrons. The summed E-state index contributed by atoms with van der Waals surface area (Å²) < 4.78 is 0. The summed E-state index contributed by atoms with van der Waals surface area (Å²) in [5.41, 5.74) is 2.92. The van der Waals surface area contributed by atoms with Crippen molar-refractivity contribution in [2.24, 2.45) is 0 Å². The molecular weight excluding hydrogens is 170 g/mol. The topological polar surface area (TPSA) is 12.9 Å². The fraction of sp³-hybridized carbons (Fsp3) is 0.100. The number of aromatic nitrogens is 1. The second-order valence-electron chi connectivity index (χ2n) is 2.53. The Hall–Kier alpha value is -1.08. The minimum absolute atomic E-state index is 0.501. The molecule has 0 spiro atoms. The van der Waals surface area contributed by atoms with Gasteiger partial charge in [-0.3, -0.25) is 4.98 Å². The zero-order valence-electron chi connectivity index (χ0n) is 6.97. The Kier molecular flexibility index (Phi) is 2.66. The van der Waals surface area contributed by atoms with Crippen LogP contribution in [0.15, 0.2) is 25.6 Å². The Bertz CT molecular complexity index is 329. The van der Waals surface area contributed by atoms with E-state index in [4.69, 9.17) is 11.6 Å². The molecule has 0 saturated carbocycles. The van der Waals surface area contributed by atoms with E-state index in [-0.39, 0.29) is 0 Å². The molecule has 0 bridgehead atoms. The van der Waals surface area contributed by atoms with E-state index in [0.29, 0.717) is 5.03 Å². The molecule has 1 heterocycles. The molecule has 0 aliphatic carbocycles. The van der Waals surface area contributed by atoms with Gasteiger partial charge in [0.1, 0.15) is 0 Å². The van der Waals surface area contributed by atoms with Crippen molar-refractivity contribution in [3.8, 4) is 0 Å². The number of rotatable bonds is 2. The van der Waals surface area contributed by atoms with Crippen molar-refractivity contribution in [1.29, 1.82) is 0 Å². The van der Waals surface area contributed by atoms with Gasteiger partial charge in [0.25, 0.3) is 0 Å². The minimum atomic E-state index is 0.501. The normalized spacial score (nSPS) is 9.50. The first-order valence-electron chi connectivity index (χ1n) is 3.58. The van der Waals surface area contributed by atoms with Crippen LogP contribution in [0.2, 0.25) is 0 Å². The Labute approximate surface area is 77.4 Å². The van der Waals surface area contributed by atoms with Crippen LogP contribution >= 0.6 is 11.6 Å².